The van der Waals surface area contributed by atoms with Crippen molar-refractivity contribution in [2.75, 3.05) is 13.1 Å². The largest absolute Gasteiger partial charge is 0.353 e. The van der Waals surface area contributed by atoms with Gasteiger partial charge in [0.25, 0.3) is 5.91 Å². The Morgan fingerprint density at radius 3 is 2.94 bits per heavy atom. The van der Waals surface area contributed by atoms with Gasteiger partial charge in [-0.1, -0.05) is 17.7 Å². The summed E-state index contributed by atoms with van der Waals surface area (Å²) in [5, 5.41) is 6.21. The lowest BCUT2D eigenvalue weighted by atomic mass is 10.4. The summed E-state index contributed by atoms with van der Waals surface area (Å²) >= 11 is 6.92. The van der Waals surface area contributed by atoms with Gasteiger partial charge in [-0.2, -0.15) is 0 Å². The van der Waals surface area contributed by atoms with E-state index in [0.29, 0.717) is 28.2 Å². The van der Waals surface area contributed by atoms with Crippen LogP contribution in [0.5, 0.6) is 0 Å². The number of thioether (sulfide) groups is 1. The van der Waals surface area contributed by atoms with Crippen LogP contribution in [0.1, 0.15) is 13.8 Å². The Kier molecular flexibility index (Phi) is 5.94. The zero-order valence-corrected chi connectivity index (χ0v) is 11.7. The van der Waals surface area contributed by atoms with Crippen molar-refractivity contribution in [3.63, 3.8) is 0 Å². The molecular weight excluding hydrogens is 274 g/mol. The van der Waals surface area contributed by atoms with Crippen LogP contribution in [-0.4, -0.2) is 30.1 Å². The van der Waals surface area contributed by atoms with Crippen molar-refractivity contribution in [3.8, 4) is 0 Å². The molecule has 7 heteroatoms. The Balaban J connectivity index is 2.67. The lowest BCUT2D eigenvalue weighted by Gasteiger charge is -1.95. The molecule has 0 radical (unpaired) electrons. The molecule has 1 saturated heterocycles. The lowest BCUT2D eigenvalue weighted by molar-refractivity contribution is -0.118. The Labute approximate surface area is 115 Å². The van der Waals surface area contributed by atoms with E-state index in [1.54, 1.807) is 6.08 Å². The number of rotatable bonds is 4. The van der Waals surface area contributed by atoms with Gasteiger partial charge in [0.1, 0.15) is 0 Å². The molecule has 0 saturated carbocycles. The average molecular weight is 288 g/mol. The summed E-state index contributed by atoms with van der Waals surface area (Å²) in [6, 6.07) is 0. The molecule has 0 unspecified atom stereocenters. The molecular formula is C11H14ClN3O2S. The Bertz CT molecular complexity index is 444. The number of hydrogen-bond donors (Lipinski definition) is 2. The number of hydrogen-bond acceptors (Lipinski definition) is 4. The maximum Gasteiger partial charge on any atom is 0.264 e. The summed E-state index contributed by atoms with van der Waals surface area (Å²) in [4.78, 5) is 27.3. The molecule has 0 aromatic rings. The minimum atomic E-state index is -0.318. The summed E-state index contributed by atoms with van der Waals surface area (Å²) in [6.45, 7) is 4.45. The number of amidine groups is 1. The molecule has 0 spiro atoms. The number of carbonyl (C=O) groups is 2. The molecule has 1 fully saturated rings. The summed E-state index contributed by atoms with van der Waals surface area (Å²) in [5.41, 5.74) is 0. The smallest absolute Gasteiger partial charge is 0.264 e. The van der Waals surface area contributed by atoms with Crippen LogP contribution in [0.15, 0.2) is 27.1 Å². The van der Waals surface area contributed by atoms with E-state index >= 15 is 0 Å². The Morgan fingerprint density at radius 1 is 1.61 bits per heavy atom. The molecule has 18 heavy (non-hydrogen) atoms. The zero-order valence-electron chi connectivity index (χ0n) is 10.1. The normalized spacial score (nSPS) is 20.4. The van der Waals surface area contributed by atoms with Crippen LogP contribution in [0.4, 0.5) is 0 Å². The van der Waals surface area contributed by atoms with E-state index in [2.05, 4.69) is 15.6 Å². The SMILES string of the molecule is C/C=C(/Cl)CN=C1NC(=O)/C(=C/C(=O)NCC)S1. The van der Waals surface area contributed by atoms with E-state index < -0.39 is 0 Å². The van der Waals surface area contributed by atoms with E-state index in [0.717, 1.165) is 11.8 Å². The predicted molar refractivity (Wildman–Crippen MR) is 74.4 cm³/mol. The molecule has 1 heterocycles. The third-order valence-electron chi connectivity index (χ3n) is 1.95. The second-order valence-electron chi connectivity index (χ2n) is 3.32. The molecule has 2 N–H and O–H groups in total. The van der Waals surface area contributed by atoms with Crippen LogP contribution in [-0.2, 0) is 9.59 Å². The highest BCUT2D eigenvalue weighted by Crippen LogP contribution is 2.23. The van der Waals surface area contributed by atoms with E-state index in [-0.39, 0.29) is 11.8 Å². The fourth-order valence-electron chi connectivity index (χ4n) is 1.08. The Morgan fingerprint density at radius 2 is 2.33 bits per heavy atom. The molecule has 98 valence electrons. The fraction of sp³-hybridized carbons (Fsp3) is 0.364. The van der Waals surface area contributed by atoms with E-state index in [1.807, 2.05) is 13.8 Å². The number of halogens is 1. The maximum absolute atomic E-state index is 11.5. The van der Waals surface area contributed by atoms with Gasteiger partial charge in [0.2, 0.25) is 5.91 Å². The van der Waals surface area contributed by atoms with Crippen molar-refractivity contribution in [1.29, 1.82) is 0 Å². The van der Waals surface area contributed by atoms with Gasteiger partial charge in [0.05, 0.1) is 11.4 Å². The number of likely N-dealkylation sites (N-methyl/N-ethyl adjacent to an activating group) is 1. The maximum atomic E-state index is 11.5. The highest BCUT2D eigenvalue weighted by molar-refractivity contribution is 8.18. The number of aliphatic imine (C=N–C) groups is 1. The topological polar surface area (TPSA) is 70.6 Å². The van der Waals surface area contributed by atoms with Crippen molar-refractivity contribution < 1.29 is 9.59 Å². The van der Waals surface area contributed by atoms with Gasteiger partial charge in [-0.3, -0.25) is 14.6 Å². The molecule has 0 aromatic heterocycles. The van der Waals surface area contributed by atoms with Crippen LogP contribution in [0.2, 0.25) is 0 Å². The van der Waals surface area contributed by atoms with Gasteiger partial charge >= 0.3 is 0 Å². The summed E-state index contributed by atoms with van der Waals surface area (Å²) in [5.74, 6) is -0.607. The summed E-state index contributed by atoms with van der Waals surface area (Å²) < 4.78 is 0. The van der Waals surface area contributed by atoms with E-state index in [4.69, 9.17) is 11.6 Å². The highest BCUT2D eigenvalue weighted by atomic mass is 35.5. The number of allylic oxidation sites excluding steroid dienone is 1. The molecule has 0 bridgehead atoms. The van der Waals surface area contributed by atoms with Crippen molar-refractivity contribution in [2.45, 2.75) is 13.8 Å². The van der Waals surface area contributed by atoms with Crippen LogP contribution < -0.4 is 10.6 Å². The van der Waals surface area contributed by atoms with E-state index in [1.165, 1.54) is 6.08 Å². The van der Waals surface area contributed by atoms with E-state index in [9.17, 15) is 9.59 Å². The minimum absolute atomic E-state index is 0.289. The van der Waals surface area contributed by atoms with Gasteiger partial charge in [0, 0.05) is 17.7 Å². The Hall–Kier alpha value is -1.27. The third-order valence-corrected chi connectivity index (χ3v) is 3.24. The minimum Gasteiger partial charge on any atom is -0.353 e. The van der Waals surface area contributed by atoms with Crippen molar-refractivity contribution in [1.82, 2.24) is 10.6 Å². The lowest BCUT2D eigenvalue weighted by Crippen LogP contribution is -2.23. The monoisotopic (exact) mass is 287 g/mol. The molecule has 2 amide bonds. The number of carbonyl (C=O) groups excluding carboxylic acids is 2. The van der Waals surface area contributed by atoms with Gasteiger partial charge in [-0.15, -0.1) is 0 Å². The summed E-state index contributed by atoms with van der Waals surface area (Å²) in [6.07, 6.45) is 3.00. The first-order valence-electron chi connectivity index (χ1n) is 5.40. The van der Waals surface area contributed by atoms with Crippen LogP contribution in [0.3, 0.4) is 0 Å². The molecule has 0 aliphatic carbocycles. The first kappa shape index (κ1) is 14.8. The van der Waals surface area contributed by atoms with Crippen molar-refractivity contribution in [2.24, 2.45) is 4.99 Å². The number of nitrogens with one attached hydrogen (secondary N) is 2. The quantitative estimate of drug-likeness (QED) is 0.767. The van der Waals surface area contributed by atoms with Gasteiger partial charge < -0.3 is 10.6 Å². The van der Waals surface area contributed by atoms with Gasteiger partial charge in [-0.05, 0) is 25.6 Å². The molecule has 1 aliphatic rings. The first-order valence-corrected chi connectivity index (χ1v) is 6.60. The first-order chi connectivity index (χ1) is 8.56. The molecule has 0 aromatic carbocycles. The third kappa shape index (κ3) is 4.54. The van der Waals surface area contributed by atoms with Crippen LogP contribution in [0.25, 0.3) is 0 Å². The zero-order chi connectivity index (χ0) is 13.5. The standard InChI is InChI=1S/C11H14ClN3O2S/c1-3-7(12)6-14-11-15-10(17)8(18-11)5-9(16)13-4-2/h3,5H,4,6H2,1-2H3,(H,13,16)(H,14,15,17)/b7-3+,8-5-. The molecule has 0 atom stereocenters. The molecule has 1 aliphatic heterocycles. The highest BCUT2D eigenvalue weighted by Gasteiger charge is 2.24. The van der Waals surface area contributed by atoms with Crippen LogP contribution >= 0.6 is 23.4 Å². The van der Waals surface area contributed by atoms with Crippen LogP contribution in [0, 0.1) is 0 Å². The summed E-state index contributed by atoms with van der Waals surface area (Å²) in [7, 11) is 0. The number of nitrogens with zero attached hydrogens (tertiary/aromatic N) is 1. The van der Waals surface area contributed by atoms with Gasteiger partial charge in [0.15, 0.2) is 5.17 Å². The second-order valence-corrected chi connectivity index (χ2v) is 4.83. The number of amides is 2. The fourth-order valence-corrected chi connectivity index (χ4v) is 1.94. The average Bonchev–Trinajstić information content (AvgIpc) is 2.67. The molecule has 5 nitrogen and oxygen atoms in total. The molecule has 1 rings (SSSR count). The second kappa shape index (κ2) is 7.23. The van der Waals surface area contributed by atoms with Crippen molar-refractivity contribution >= 4 is 40.3 Å². The van der Waals surface area contributed by atoms with Crippen molar-refractivity contribution in [3.05, 3.63) is 22.1 Å². The van der Waals surface area contributed by atoms with Gasteiger partial charge in [-0.25, -0.2) is 0 Å². The predicted octanol–water partition coefficient (Wildman–Crippen LogP) is 1.37.